The van der Waals surface area contributed by atoms with Gasteiger partial charge in [-0.2, -0.15) is 10.2 Å². The van der Waals surface area contributed by atoms with Crippen LogP contribution in [0.4, 0.5) is 0 Å². The molecule has 0 radical (unpaired) electrons. The van der Waals surface area contributed by atoms with Gasteiger partial charge in [0.25, 0.3) is 0 Å². The molecule has 0 spiro atoms. The molecule has 0 saturated heterocycles. The molecule has 0 amide bonds. The SMILES string of the molecule is NOS(=O)(=O)[O-].[K+]. The van der Waals surface area contributed by atoms with Gasteiger partial charge >= 0.3 is 51.4 Å². The van der Waals surface area contributed by atoms with Gasteiger partial charge in [-0.3, -0.25) is 0 Å². The molecule has 0 aliphatic heterocycles. The van der Waals surface area contributed by atoms with Crippen molar-refractivity contribution in [3.63, 3.8) is 0 Å². The summed E-state index contributed by atoms with van der Waals surface area (Å²) in [4.78, 5) is 0. The van der Waals surface area contributed by atoms with Crippen LogP contribution in [0.25, 0.3) is 0 Å². The van der Waals surface area contributed by atoms with Crippen molar-refractivity contribution < 1.29 is 68.6 Å². The molecule has 5 nitrogen and oxygen atoms in total. The fourth-order valence-electron chi connectivity index (χ4n) is 0. The maximum absolute atomic E-state index is 9.10. The average molecular weight is 151 g/mol. The fraction of sp³-hybridized carbons (Fsp3) is 0. The third-order valence-corrected chi connectivity index (χ3v) is 0.354. The van der Waals surface area contributed by atoms with E-state index in [1.165, 1.54) is 0 Å². The number of nitrogens with two attached hydrogens (primary N) is 1. The first-order valence-corrected chi connectivity index (χ1v) is 2.24. The number of hydrogen-bond acceptors (Lipinski definition) is 5. The first kappa shape index (κ1) is 11.3. The molecule has 0 aliphatic carbocycles. The van der Waals surface area contributed by atoms with Crippen molar-refractivity contribution in [1.82, 2.24) is 0 Å². The number of hydrogen-bond donors (Lipinski definition) is 1. The molecule has 7 heavy (non-hydrogen) atoms. The Hall–Kier alpha value is 1.47. The van der Waals surface area contributed by atoms with Crippen molar-refractivity contribution in [1.29, 1.82) is 0 Å². The zero-order valence-electron chi connectivity index (χ0n) is 3.62. The Morgan fingerprint density at radius 2 is 1.71 bits per heavy atom. The van der Waals surface area contributed by atoms with E-state index in [9.17, 15) is 0 Å². The van der Waals surface area contributed by atoms with E-state index in [1.54, 1.807) is 0 Å². The zero-order valence-corrected chi connectivity index (χ0v) is 7.56. The maximum atomic E-state index is 9.10. The molecule has 7 heteroatoms. The third kappa shape index (κ3) is 11.2. The molecule has 0 aromatic rings. The quantitative estimate of drug-likeness (QED) is 0.176. The predicted octanol–water partition coefficient (Wildman–Crippen LogP) is -4.66. The van der Waals surface area contributed by atoms with E-state index in [-0.39, 0.29) is 51.4 Å². The van der Waals surface area contributed by atoms with E-state index in [0.717, 1.165) is 0 Å². The summed E-state index contributed by atoms with van der Waals surface area (Å²) in [6, 6.07) is 0. The van der Waals surface area contributed by atoms with E-state index in [1.807, 2.05) is 0 Å². The molecule has 0 unspecified atom stereocenters. The molecule has 0 fully saturated rings. The van der Waals surface area contributed by atoms with E-state index >= 15 is 0 Å². The Kier molecular flexibility index (Phi) is 7.02. The largest absolute Gasteiger partial charge is 1.00 e. The van der Waals surface area contributed by atoms with Gasteiger partial charge in [-0.15, -0.1) is 0 Å². The fourth-order valence-corrected chi connectivity index (χ4v) is 0. The molecule has 38 valence electrons. The standard InChI is InChI=1S/K.H3NO4S/c;1-5-6(2,3)4/h;1H2,(H,2,3,4)/q+1;/p-1. The van der Waals surface area contributed by atoms with Gasteiger partial charge in [-0.05, 0) is 0 Å². The van der Waals surface area contributed by atoms with E-state index in [0.29, 0.717) is 0 Å². The molecule has 2 N–H and O–H groups in total. The topological polar surface area (TPSA) is 92.5 Å². The van der Waals surface area contributed by atoms with Crippen molar-refractivity contribution in [2.24, 2.45) is 5.90 Å². The Morgan fingerprint density at radius 3 is 1.71 bits per heavy atom. The summed E-state index contributed by atoms with van der Waals surface area (Å²) in [7, 11) is -4.63. The van der Waals surface area contributed by atoms with Gasteiger partial charge in [0, 0.05) is 0 Å². The first-order chi connectivity index (χ1) is 2.56. The summed E-state index contributed by atoms with van der Waals surface area (Å²) >= 11 is 0. The van der Waals surface area contributed by atoms with Crippen molar-refractivity contribution in [2.75, 3.05) is 0 Å². The van der Waals surface area contributed by atoms with Crippen molar-refractivity contribution >= 4 is 10.4 Å². The summed E-state index contributed by atoms with van der Waals surface area (Å²) in [5.74, 6) is 3.91. The second-order valence-electron chi connectivity index (χ2n) is 0.504. The van der Waals surface area contributed by atoms with Crippen LogP contribution < -0.4 is 57.3 Å². The van der Waals surface area contributed by atoms with Crippen LogP contribution in [0.2, 0.25) is 0 Å². The molecule has 0 aromatic heterocycles. The second kappa shape index (κ2) is 4.36. The van der Waals surface area contributed by atoms with Crippen LogP contribution in [0.15, 0.2) is 0 Å². The van der Waals surface area contributed by atoms with Crippen LogP contribution in [-0.4, -0.2) is 13.0 Å². The second-order valence-corrected chi connectivity index (χ2v) is 1.51. The minimum absolute atomic E-state index is 0. The Morgan fingerprint density at radius 1 is 1.57 bits per heavy atom. The normalized spacial score (nSPS) is 10.0. The van der Waals surface area contributed by atoms with Crippen molar-refractivity contribution in [3.05, 3.63) is 0 Å². The van der Waals surface area contributed by atoms with Crippen LogP contribution in [0.1, 0.15) is 0 Å². The molecular weight excluding hydrogens is 149 g/mol. The molecule has 0 atom stereocenters. The molecule has 0 rings (SSSR count). The van der Waals surface area contributed by atoms with Gasteiger partial charge in [-0.25, -0.2) is 8.42 Å². The van der Waals surface area contributed by atoms with Crippen LogP contribution in [0.5, 0.6) is 0 Å². The van der Waals surface area contributed by atoms with Gasteiger partial charge in [0.05, 0.1) is 0 Å². The van der Waals surface area contributed by atoms with E-state index < -0.39 is 10.4 Å². The van der Waals surface area contributed by atoms with Crippen molar-refractivity contribution in [3.8, 4) is 0 Å². The molecule has 0 aromatic carbocycles. The molecular formula is H2KNO4S. The molecule has 0 heterocycles. The third-order valence-electron chi connectivity index (χ3n) is 0.118. The smallest absolute Gasteiger partial charge is 0.724 e. The molecule has 0 aliphatic rings. The zero-order chi connectivity index (χ0) is 5.21. The van der Waals surface area contributed by atoms with Crippen molar-refractivity contribution in [2.45, 2.75) is 0 Å². The number of rotatable bonds is 1. The maximum Gasteiger partial charge on any atom is 1.00 e. The van der Waals surface area contributed by atoms with Crippen LogP contribution in [0.3, 0.4) is 0 Å². The van der Waals surface area contributed by atoms with Gasteiger partial charge in [0.15, 0.2) is 0 Å². The van der Waals surface area contributed by atoms with Gasteiger partial charge in [0.2, 0.25) is 10.4 Å². The Labute approximate surface area is 83.5 Å². The summed E-state index contributed by atoms with van der Waals surface area (Å²) < 4.78 is 30.1. The Bertz CT molecular complexity index is 114. The Balaban J connectivity index is 0. The molecule has 0 bridgehead atoms. The first-order valence-electron chi connectivity index (χ1n) is 0.902. The average Bonchev–Trinajstić information content (AvgIpc) is 1.35. The van der Waals surface area contributed by atoms with Gasteiger partial charge < -0.3 is 4.55 Å². The summed E-state index contributed by atoms with van der Waals surface area (Å²) in [6.07, 6.45) is 0. The minimum Gasteiger partial charge on any atom is -0.724 e. The van der Waals surface area contributed by atoms with Crippen LogP contribution in [0, 0.1) is 0 Å². The summed E-state index contributed by atoms with van der Waals surface area (Å²) in [5.41, 5.74) is 0. The van der Waals surface area contributed by atoms with E-state index in [4.69, 9.17) is 13.0 Å². The monoisotopic (exact) mass is 151 g/mol. The summed E-state index contributed by atoms with van der Waals surface area (Å²) in [5, 5.41) is 0. The predicted molar refractivity (Wildman–Crippen MR) is 15.0 cm³/mol. The minimum atomic E-state index is -4.63. The summed E-state index contributed by atoms with van der Waals surface area (Å²) in [6.45, 7) is 0. The molecule has 0 saturated carbocycles. The van der Waals surface area contributed by atoms with Gasteiger partial charge in [-0.1, -0.05) is 0 Å². The van der Waals surface area contributed by atoms with Gasteiger partial charge in [0.1, 0.15) is 0 Å². The van der Waals surface area contributed by atoms with Crippen LogP contribution in [-0.2, 0) is 14.7 Å². The van der Waals surface area contributed by atoms with Crippen LogP contribution >= 0.6 is 0 Å². The van der Waals surface area contributed by atoms with E-state index in [2.05, 4.69) is 10.2 Å².